The van der Waals surface area contributed by atoms with Crippen LogP contribution in [0.1, 0.15) is 11.1 Å². The molecule has 0 aliphatic carbocycles. The number of thiazole rings is 1. The molecule has 0 unspecified atom stereocenters. The lowest BCUT2D eigenvalue weighted by molar-refractivity contribution is 0.617. The first-order chi connectivity index (χ1) is 11.1. The Balaban J connectivity index is 1.72. The monoisotopic (exact) mass is 389 g/mol. The van der Waals surface area contributed by atoms with E-state index in [9.17, 15) is 4.39 Å². The van der Waals surface area contributed by atoms with Gasteiger partial charge in [-0.25, -0.2) is 9.37 Å². The predicted octanol–water partition coefficient (Wildman–Crippen LogP) is 5.47. The van der Waals surface area contributed by atoms with Crippen LogP contribution in [0.15, 0.2) is 57.4 Å². The van der Waals surface area contributed by atoms with Gasteiger partial charge in [0.25, 0.3) is 0 Å². The van der Waals surface area contributed by atoms with Crippen LogP contribution in [0, 0.1) is 12.7 Å². The van der Waals surface area contributed by atoms with Gasteiger partial charge in [0.2, 0.25) is 5.13 Å². The summed E-state index contributed by atoms with van der Waals surface area (Å²) in [6.07, 6.45) is 1.64. The number of aryl methyl sites for hydroxylation is 1. The highest BCUT2D eigenvalue weighted by Gasteiger charge is 2.05. The van der Waals surface area contributed by atoms with Gasteiger partial charge in [-0.15, -0.1) is 11.3 Å². The average Bonchev–Trinajstić information content (AvgIpc) is 3.02. The molecule has 0 aliphatic rings. The first-order valence-electron chi connectivity index (χ1n) is 6.89. The number of nitrogens with one attached hydrogen (secondary N) is 1. The minimum atomic E-state index is -0.241. The minimum absolute atomic E-state index is 0.241. The standard InChI is InChI=1S/C17H13BrFN3S/c1-11-7-13(14(18)8-15(11)19)9-20-22-17-21-16(10-23-17)12-5-3-2-4-6-12/h2-10H,1H3,(H,21,22). The van der Waals surface area contributed by atoms with E-state index in [1.54, 1.807) is 19.2 Å². The fraction of sp³-hybridized carbons (Fsp3) is 0.0588. The Hall–Kier alpha value is -2.05. The van der Waals surface area contributed by atoms with Crippen molar-refractivity contribution in [2.45, 2.75) is 6.92 Å². The van der Waals surface area contributed by atoms with Gasteiger partial charge in [0.1, 0.15) is 5.82 Å². The molecule has 23 heavy (non-hydrogen) atoms. The molecule has 1 heterocycles. The molecule has 0 fully saturated rings. The molecule has 3 aromatic rings. The van der Waals surface area contributed by atoms with Crippen molar-refractivity contribution in [3.63, 3.8) is 0 Å². The highest BCUT2D eigenvalue weighted by Crippen LogP contribution is 2.24. The normalized spacial score (nSPS) is 11.1. The van der Waals surface area contributed by atoms with E-state index in [0.717, 1.165) is 16.8 Å². The van der Waals surface area contributed by atoms with Crippen molar-refractivity contribution < 1.29 is 4.39 Å². The van der Waals surface area contributed by atoms with Crippen LogP contribution < -0.4 is 5.43 Å². The summed E-state index contributed by atoms with van der Waals surface area (Å²) in [5, 5.41) is 6.85. The molecule has 116 valence electrons. The molecule has 3 nitrogen and oxygen atoms in total. The van der Waals surface area contributed by atoms with Gasteiger partial charge in [-0.3, -0.25) is 5.43 Å². The molecule has 2 aromatic carbocycles. The number of hydrogen-bond donors (Lipinski definition) is 1. The van der Waals surface area contributed by atoms with Gasteiger partial charge in [0.15, 0.2) is 0 Å². The SMILES string of the molecule is Cc1cc(C=NNc2nc(-c3ccccc3)cs2)c(Br)cc1F. The van der Waals surface area contributed by atoms with Gasteiger partial charge in [-0.1, -0.05) is 46.3 Å². The summed E-state index contributed by atoms with van der Waals surface area (Å²) in [5.74, 6) is -0.241. The van der Waals surface area contributed by atoms with Gasteiger partial charge in [0, 0.05) is 21.0 Å². The van der Waals surface area contributed by atoms with Crippen molar-refractivity contribution in [1.82, 2.24) is 4.98 Å². The Morgan fingerprint density at radius 3 is 2.83 bits per heavy atom. The first-order valence-corrected chi connectivity index (χ1v) is 8.56. The zero-order chi connectivity index (χ0) is 16.2. The van der Waals surface area contributed by atoms with E-state index in [-0.39, 0.29) is 5.82 Å². The molecule has 0 radical (unpaired) electrons. The summed E-state index contributed by atoms with van der Waals surface area (Å²) < 4.78 is 14.1. The summed E-state index contributed by atoms with van der Waals surface area (Å²) in [7, 11) is 0. The third kappa shape index (κ3) is 3.83. The number of nitrogens with zero attached hydrogens (tertiary/aromatic N) is 2. The van der Waals surface area contributed by atoms with Crippen LogP contribution in [-0.4, -0.2) is 11.2 Å². The predicted molar refractivity (Wildman–Crippen MR) is 97.6 cm³/mol. The average molecular weight is 390 g/mol. The third-order valence-corrected chi connectivity index (χ3v) is 4.65. The fourth-order valence-corrected chi connectivity index (χ4v) is 3.09. The molecule has 0 bridgehead atoms. The van der Waals surface area contributed by atoms with Crippen molar-refractivity contribution in [3.8, 4) is 11.3 Å². The Bertz CT molecular complexity index is 846. The summed E-state index contributed by atoms with van der Waals surface area (Å²) in [6.45, 7) is 1.72. The van der Waals surface area contributed by atoms with Crippen molar-refractivity contribution in [1.29, 1.82) is 0 Å². The third-order valence-electron chi connectivity index (χ3n) is 3.22. The summed E-state index contributed by atoms with van der Waals surface area (Å²) in [4.78, 5) is 4.49. The summed E-state index contributed by atoms with van der Waals surface area (Å²) >= 11 is 4.81. The Kier molecular flexibility index (Phi) is 4.83. The Morgan fingerprint density at radius 2 is 2.04 bits per heavy atom. The molecule has 0 saturated carbocycles. The molecule has 1 N–H and O–H groups in total. The molecule has 0 amide bonds. The van der Waals surface area contributed by atoms with Crippen LogP contribution in [0.2, 0.25) is 0 Å². The van der Waals surface area contributed by atoms with E-state index >= 15 is 0 Å². The number of hydrazone groups is 1. The lowest BCUT2D eigenvalue weighted by Crippen LogP contribution is -1.93. The smallest absolute Gasteiger partial charge is 0.203 e. The summed E-state index contributed by atoms with van der Waals surface area (Å²) in [6, 6.07) is 13.1. The molecule has 0 atom stereocenters. The van der Waals surface area contributed by atoms with Gasteiger partial charge in [-0.2, -0.15) is 5.10 Å². The number of anilines is 1. The van der Waals surface area contributed by atoms with Gasteiger partial charge < -0.3 is 0 Å². The maximum atomic E-state index is 13.4. The number of halogens is 2. The van der Waals surface area contributed by atoms with Crippen LogP contribution in [-0.2, 0) is 0 Å². The van der Waals surface area contributed by atoms with Crippen LogP contribution in [0.5, 0.6) is 0 Å². The topological polar surface area (TPSA) is 37.3 Å². The number of hydrogen-bond acceptors (Lipinski definition) is 4. The number of aromatic nitrogens is 1. The maximum absolute atomic E-state index is 13.4. The fourth-order valence-electron chi connectivity index (χ4n) is 2.00. The maximum Gasteiger partial charge on any atom is 0.203 e. The van der Waals surface area contributed by atoms with Crippen LogP contribution in [0.25, 0.3) is 11.3 Å². The highest BCUT2D eigenvalue weighted by atomic mass is 79.9. The summed E-state index contributed by atoms with van der Waals surface area (Å²) in [5.41, 5.74) is 6.26. The van der Waals surface area contributed by atoms with E-state index in [1.165, 1.54) is 17.4 Å². The van der Waals surface area contributed by atoms with E-state index in [1.807, 2.05) is 35.7 Å². The lowest BCUT2D eigenvalue weighted by Gasteiger charge is -2.02. The largest absolute Gasteiger partial charge is 0.253 e. The van der Waals surface area contributed by atoms with Gasteiger partial charge in [0.05, 0.1) is 11.9 Å². The number of benzene rings is 2. The molecular weight excluding hydrogens is 377 g/mol. The van der Waals surface area contributed by atoms with Gasteiger partial charge >= 0.3 is 0 Å². The van der Waals surface area contributed by atoms with Crippen molar-refractivity contribution in [2.75, 3.05) is 5.43 Å². The first kappa shape index (κ1) is 15.8. The second-order valence-corrected chi connectivity index (χ2v) is 6.61. The molecular formula is C17H13BrFN3S. The van der Waals surface area contributed by atoms with E-state index in [0.29, 0.717) is 15.2 Å². The molecule has 6 heteroatoms. The van der Waals surface area contributed by atoms with Gasteiger partial charge in [-0.05, 0) is 24.6 Å². The molecule has 3 rings (SSSR count). The lowest BCUT2D eigenvalue weighted by atomic mass is 10.1. The molecule has 0 aliphatic heterocycles. The Labute approximate surface area is 146 Å². The van der Waals surface area contributed by atoms with Crippen LogP contribution >= 0.6 is 27.3 Å². The van der Waals surface area contributed by atoms with E-state index in [4.69, 9.17) is 0 Å². The molecule has 0 saturated heterocycles. The number of rotatable bonds is 4. The van der Waals surface area contributed by atoms with Crippen molar-refractivity contribution in [3.05, 3.63) is 69.3 Å². The zero-order valence-corrected chi connectivity index (χ0v) is 14.7. The van der Waals surface area contributed by atoms with Crippen LogP contribution in [0.4, 0.5) is 9.52 Å². The Morgan fingerprint density at radius 1 is 1.26 bits per heavy atom. The second kappa shape index (κ2) is 7.02. The molecule has 0 spiro atoms. The second-order valence-electron chi connectivity index (χ2n) is 4.90. The van der Waals surface area contributed by atoms with Crippen LogP contribution in [0.3, 0.4) is 0 Å². The van der Waals surface area contributed by atoms with E-state index < -0.39 is 0 Å². The zero-order valence-electron chi connectivity index (χ0n) is 12.3. The van der Waals surface area contributed by atoms with Crippen molar-refractivity contribution >= 4 is 38.6 Å². The van der Waals surface area contributed by atoms with E-state index in [2.05, 4.69) is 31.4 Å². The molecule has 1 aromatic heterocycles. The highest BCUT2D eigenvalue weighted by molar-refractivity contribution is 9.10. The van der Waals surface area contributed by atoms with Crippen molar-refractivity contribution in [2.24, 2.45) is 5.10 Å². The quantitative estimate of drug-likeness (QED) is 0.474. The minimum Gasteiger partial charge on any atom is -0.253 e.